The third kappa shape index (κ3) is 12.5. The molecule has 0 bridgehead atoms. The van der Waals surface area contributed by atoms with Gasteiger partial charge < -0.3 is 14.3 Å². The molecule has 4 heteroatoms. The molecule has 0 radical (unpaired) electrons. The van der Waals surface area contributed by atoms with Crippen molar-refractivity contribution in [3.63, 3.8) is 0 Å². The number of carbonyl (C=O) groups is 1. The van der Waals surface area contributed by atoms with Gasteiger partial charge in [-0.3, -0.25) is 4.79 Å². The van der Waals surface area contributed by atoms with Crippen molar-refractivity contribution in [3.8, 4) is 0 Å². The monoisotopic (exact) mass is 597 g/mol. The molecule has 4 nitrogen and oxygen atoms in total. The van der Waals surface area contributed by atoms with Gasteiger partial charge in [-0.15, -0.1) is 0 Å². The lowest BCUT2D eigenvalue weighted by Crippen LogP contribution is -2.57. The molecule has 0 spiro atoms. The minimum absolute atomic E-state index is 0.0437. The van der Waals surface area contributed by atoms with Crippen LogP contribution in [0.25, 0.3) is 10.8 Å². The molecule has 2 unspecified atom stereocenters. The summed E-state index contributed by atoms with van der Waals surface area (Å²) in [6.45, 7) is 9.37. The molecule has 0 aliphatic carbocycles. The zero-order valence-corrected chi connectivity index (χ0v) is 28.7. The molecule has 0 saturated carbocycles. The Hall–Kier alpha value is -1.91. The number of rotatable bonds is 26. The van der Waals surface area contributed by atoms with E-state index in [1.807, 2.05) is 0 Å². The average Bonchev–Trinajstić information content (AvgIpc) is 3.00. The van der Waals surface area contributed by atoms with E-state index >= 15 is 0 Å². The van der Waals surface area contributed by atoms with E-state index in [1.165, 1.54) is 103 Å². The fourth-order valence-electron chi connectivity index (χ4n) is 7.20. The lowest BCUT2D eigenvalue weighted by Gasteiger charge is -2.45. The molecule has 0 amide bonds. The molecular weight excluding hydrogens is 530 g/mol. The van der Waals surface area contributed by atoms with Crippen molar-refractivity contribution in [1.29, 1.82) is 0 Å². The van der Waals surface area contributed by atoms with Gasteiger partial charge in [0.15, 0.2) is 0 Å². The van der Waals surface area contributed by atoms with Gasteiger partial charge >= 0.3 is 5.97 Å². The first-order chi connectivity index (χ1) is 20.9. The third-order valence-electron chi connectivity index (χ3n) is 9.80. The fourth-order valence-corrected chi connectivity index (χ4v) is 7.20. The van der Waals surface area contributed by atoms with Crippen molar-refractivity contribution in [2.75, 3.05) is 27.2 Å². The van der Waals surface area contributed by atoms with E-state index < -0.39 is 11.9 Å². The van der Waals surface area contributed by atoms with Crippen LogP contribution in [0.3, 0.4) is 0 Å². The maximum absolute atomic E-state index is 13.5. The van der Waals surface area contributed by atoms with E-state index in [0.717, 1.165) is 52.3 Å². The molecule has 0 aromatic heterocycles. The number of likely N-dealkylation sites (N-methyl/N-ethyl adjacent to an activating group) is 1. The Morgan fingerprint density at radius 3 is 1.77 bits per heavy atom. The van der Waals surface area contributed by atoms with E-state index in [-0.39, 0.29) is 6.04 Å². The number of hydrogen-bond donors (Lipinski definition) is 1. The first-order valence-corrected chi connectivity index (χ1v) is 18.0. The van der Waals surface area contributed by atoms with Gasteiger partial charge in [0, 0.05) is 13.5 Å². The van der Waals surface area contributed by atoms with E-state index in [9.17, 15) is 9.90 Å². The summed E-state index contributed by atoms with van der Waals surface area (Å²) in [6, 6.07) is 12.7. The number of fused-ring (bicyclic) bond motifs is 1. The number of methoxy groups -OCH3 is 1. The Bertz CT molecular complexity index is 1000. The number of carboxylic acids is 1. The standard InChI is InChI=1S/C39H65NO3/c1-6-9-12-15-18-23-30-40(4,31-24-19-16-13-10-7-2)37(27-20-17-14-11-8-3)38(39(41)42)35-29-28-33-25-21-22-26-34(33)36(35)32-43-5/h21-22,25-26,28-29,37-38H,6-20,23-24,27,30-32H2,1-5H3/p+1. The second-order valence-corrected chi connectivity index (χ2v) is 13.3. The van der Waals surface area contributed by atoms with Gasteiger partial charge in [-0.25, -0.2) is 0 Å². The number of benzene rings is 2. The number of hydrogen-bond acceptors (Lipinski definition) is 2. The Balaban J connectivity index is 2.49. The van der Waals surface area contributed by atoms with Crippen LogP contribution in [0, 0.1) is 0 Å². The van der Waals surface area contributed by atoms with Crippen molar-refractivity contribution in [3.05, 3.63) is 47.5 Å². The summed E-state index contributed by atoms with van der Waals surface area (Å²) in [6.07, 6.45) is 22.2. The average molecular weight is 597 g/mol. The van der Waals surface area contributed by atoms with E-state index in [4.69, 9.17) is 4.74 Å². The van der Waals surface area contributed by atoms with Gasteiger partial charge in [-0.2, -0.15) is 0 Å². The predicted molar refractivity (Wildman–Crippen MR) is 185 cm³/mol. The summed E-state index contributed by atoms with van der Waals surface area (Å²) < 4.78 is 6.59. The molecule has 0 aliphatic rings. The van der Waals surface area contributed by atoms with E-state index in [2.05, 4.69) is 64.2 Å². The van der Waals surface area contributed by atoms with Crippen LogP contribution in [-0.2, 0) is 16.1 Å². The SMILES string of the molecule is CCCCCCCC[N+](C)(CCCCCCCC)C(CCCCCCC)C(C(=O)O)c1ccc2ccccc2c1COC. The largest absolute Gasteiger partial charge is 0.481 e. The summed E-state index contributed by atoms with van der Waals surface area (Å²) in [7, 11) is 4.13. The highest BCUT2D eigenvalue weighted by Gasteiger charge is 2.43. The summed E-state index contributed by atoms with van der Waals surface area (Å²) in [5.41, 5.74) is 2.01. The van der Waals surface area contributed by atoms with E-state index in [0.29, 0.717) is 6.61 Å². The molecule has 0 fully saturated rings. The summed E-state index contributed by atoms with van der Waals surface area (Å²) in [4.78, 5) is 13.5. The van der Waals surface area contributed by atoms with Crippen LogP contribution in [0.5, 0.6) is 0 Å². The van der Waals surface area contributed by atoms with Crippen molar-refractivity contribution < 1.29 is 19.1 Å². The number of carboxylic acid groups (broad SMARTS) is 1. The fraction of sp³-hybridized carbons (Fsp3) is 0.718. The zero-order valence-electron chi connectivity index (χ0n) is 28.7. The molecule has 43 heavy (non-hydrogen) atoms. The number of quaternary nitrogens is 1. The summed E-state index contributed by atoms with van der Waals surface area (Å²) >= 11 is 0. The quantitative estimate of drug-likeness (QED) is 0.0868. The Morgan fingerprint density at radius 2 is 1.23 bits per heavy atom. The van der Waals surface area contributed by atoms with Crippen LogP contribution in [0.4, 0.5) is 0 Å². The first-order valence-electron chi connectivity index (χ1n) is 18.0. The number of aliphatic carboxylic acids is 1. The predicted octanol–water partition coefficient (Wildman–Crippen LogP) is 11.1. The molecule has 2 rings (SSSR count). The van der Waals surface area contributed by atoms with Crippen LogP contribution < -0.4 is 0 Å². The molecule has 0 aliphatic heterocycles. The maximum Gasteiger partial charge on any atom is 0.317 e. The van der Waals surface area contributed by atoms with Gasteiger partial charge in [-0.05, 0) is 54.0 Å². The van der Waals surface area contributed by atoms with Crippen LogP contribution in [0.2, 0.25) is 0 Å². The Morgan fingerprint density at radius 1 is 0.721 bits per heavy atom. The highest BCUT2D eigenvalue weighted by atomic mass is 16.5. The lowest BCUT2D eigenvalue weighted by molar-refractivity contribution is -0.935. The molecule has 1 N–H and O–H groups in total. The van der Waals surface area contributed by atoms with Crippen LogP contribution in [0.1, 0.15) is 153 Å². The molecule has 2 aromatic rings. The second kappa shape index (κ2) is 21.7. The van der Waals surface area contributed by atoms with Gasteiger partial charge in [-0.1, -0.05) is 134 Å². The van der Waals surface area contributed by atoms with Crippen LogP contribution in [-0.4, -0.2) is 48.8 Å². The number of unbranched alkanes of at least 4 members (excludes halogenated alkanes) is 14. The van der Waals surface area contributed by atoms with Crippen molar-refractivity contribution >= 4 is 16.7 Å². The van der Waals surface area contributed by atoms with Gasteiger partial charge in [0.05, 0.1) is 26.7 Å². The lowest BCUT2D eigenvalue weighted by atomic mass is 9.81. The smallest absolute Gasteiger partial charge is 0.317 e. The molecule has 244 valence electrons. The van der Waals surface area contributed by atoms with Crippen LogP contribution in [0.15, 0.2) is 36.4 Å². The summed E-state index contributed by atoms with van der Waals surface area (Å²) in [5.74, 6) is -1.23. The normalized spacial score (nSPS) is 13.4. The van der Waals surface area contributed by atoms with Crippen LogP contribution >= 0.6 is 0 Å². The van der Waals surface area contributed by atoms with Crippen molar-refractivity contribution in [2.24, 2.45) is 0 Å². The first kappa shape index (κ1) is 37.3. The van der Waals surface area contributed by atoms with Crippen molar-refractivity contribution in [2.45, 2.75) is 155 Å². The topological polar surface area (TPSA) is 46.5 Å². The second-order valence-electron chi connectivity index (χ2n) is 13.3. The van der Waals surface area contributed by atoms with Crippen molar-refractivity contribution in [1.82, 2.24) is 0 Å². The zero-order chi connectivity index (χ0) is 31.3. The number of ether oxygens (including phenoxy) is 1. The number of nitrogens with zero attached hydrogens (tertiary/aromatic N) is 1. The van der Waals surface area contributed by atoms with Gasteiger partial charge in [0.25, 0.3) is 0 Å². The van der Waals surface area contributed by atoms with Gasteiger partial charge in [0.2, 0.25) is 0 Å². The highest BCUT2D eigenvalue weighted by molar-refractivity contribution is 5.89. The molecular formula is C39H66NO3+. The Labute approximate surface area is 265 Å². The molecule has 2 atom stereocenters. The highest BCUT2D eigenvalue weighted by Crippen LogP contribution is 2.37. The molecule has 2 aromatic carbocycles. The van der Waals surface area contributed by atoms with E-state index in [1.54, 1.807) is 7.11 Å². The minimum atomic E-state index is -0.679. The summed E-state index contributed by atoms with van der Waals surface area (Å²) in [5, 5.41) is 13.3. The maximum atomic E-state index is 13.5. The minimum Gasteiger partial charge on any atom is -0.481 e. The molecule has 0 heterocycles. The third-order valence-corrected chi connectivity index (χ3v) is 9.80. The van der Waals surface area contributed by atoms with Gasteiger partial charge in [0.1, 0.15) is 12.0 Å². The Kier molecular flexibility index (Phi) is 18.8. The molecule has 0 saturated heterocycles.